The average Bonchev–Trinajstić information content (AvgIpc) is 3.25. The summed E-state index contributed by atoms with van der Waals surface area (Å²) in [5.74, 6) is 2.67. The minimum atomic E-state index is -0.0143. The van der Waals surface area contributed by atoms with E-state index in [1.54, 1.807) is 7.05 Å². The summed E-state index contributed by atoms with van der Waals surface area (Å²) in [6.07, 6.45) is 0. The molecule has 0 saturated heterocycles. The number of guanidine groups is 1. The van der Waals surface area contributed by atoms with Gasteiger partial charge in [0.15, 0.2) is 11.7 Å². The van der Waals surface area contributed by atoms with E-state index in [1.165, 1.54) is 0 Å². The SMILES string of the molecule is CN=C(NCc1cc(C(C)C)no1)NC(C)c1cc2ccccc2o1. The Morgan fingerprint density at radius 1 is 1.20 bits per heavy atom. The van der Waals surface area contributed by atoms with Gasteiger partial charge in [-0.15, -0.1) is 0 Å². The van der Waals surface area contributed by atoms with Gasteiger partial charge in [-0.25, -0.2) is 0 Å². The fraction of sp³-hybridized carbons (Fsp3) is 0.368. The number of aliphatic imine (C=N–C) groups is 1. The lowest BCUT2D eigenvalue weighted by Gasteiger charge is -2.15. The molecule has 0 amide bonds. The van der Waals surface area contributed by atoms with E-state index in [0.717, 1.165) is 28.2 Å². The third-order valence-corrected chi connectivity index (χ3v) is 4.05. The molecule has 132 valence electrons. The third kappa shape index (κ3) is 4.02. The molecule has 0 fully saturated rings. The van der Waals surface area contributed by atoms with Crippen molar-refractivity contribution in [2.75, 3.05) is 7.05 Å². The van der Waals surface area contributed by atoms with E-state index in [9.17, 15) is 0 Å². The fourth-order valence-corrected chi connectivity index (χ4v) is 2.54. The maximum atomic E-state index is 5.89. The second-order valence-electron chi connectivity index (χ2n) is 6.35. The molecule has 3 rings (SSSR count). The zero-order valence-corrected chi connectivity index (χ0v) is 15.0. The Morgan fingerprint density at radius 2 is 2.00 bits per heavy atom. The molecule has 2 aromatic heterocycles. The molecule has 0 aliphatic heterocycles. The predicted molar refractivity (Wildman–Crippen MR) is 98.6 cm³/mol. The molecule has 6 nitrogen and oxygen atoms in total. The molecule has 0 bridgehead atoms. The van der Waals surface area contributed by atoms with Crippen LogP contribution in [0.1, 0.15) is 49.9 Å². The summed E-state index contributed by atoms with van der Waals surface area (Å²) < 4.78 is 11.2. The topological polar surface area (TPSA) is 75.6 Å². The summed E-state index contributed by atoms with van der Waals surface area (Å²) in [5, 5.41) is 11.7. The van der Waals surface area contributed by atoms with Crippen molar-refractivity contribution in [3.63, 3.8) is 0 Å². The van der Waals surface area contributed by atoms with Crippen molar-refractivity contribution in [1.29, 1.82) is 0 Å². The number of para-hydroxylation sites is 1. The zero-order valence-electron chi connectivity index (χ0n) is 15.0. The van der Waals surface area contributed by atoms with E-state index < -0.39 is 0 Å². The Morgan fingerprint density at radius 3 is 2.68 bits per heavy atom. The molecule has 0 radical (unpaired) electrons. The molecule has 0 spiro atoms. The van der Waals surface area contributed by atoms with Gasteiger partial charge in [-0.3, -0.25) is 4.99 Å². The average molecular weight is 340 g/mol. The molecule has 1 aromatic carbocycles. The summed E-state index contributed by atoms with van der Waals surface area (Å²) in [7, 11) is 1.74. The first-order valence-corrected chi connectivity index (χ1v) is 8.48. The highest BCUT2D eigenvalue weighted by atomic mass is 16.5. The maximum absolute atomic E-state index is 5.89. The summed E-state index contributed by atoms with van der Waals surface area (Å²) in [5.41, 5.74) is 1.84. The molecule has 1 atom stereocenters. The largest absolute Gasteiger partial charge is 0.459 e. The van der Waals surface area contributed by atoms with Crippen LogP contribution >= 0.6 is 0 Å². The number of fused-ring (bicyclic) bond motifs is 1. The Kier molecular flexibility index (Phi) is 5.07. The fourth-order valence-electron chi connectivity index (χ4n) is 2.54. The standard InChI is InChI=1S/C19H24N4O2/c1-12(2)16-10-15(25-23-16)11-21-19(20-4)22-13(3)18-9-14-7-5-6-8-17(14)24-18/h5-10,12-13H,11H2,1-4H3,(H2,20,21,22). The van der Waals surface area contributed by atoms with Crippen LogP contribution in [0.4, 0.5) is 0 Å². The lowest BCUT2D eigenvalue weighted by atomic mass is 10.1. The van der Waals surface area contributed by atoms with Crippen molar-refractivity contribution in [3.05, 3.63) is 53.6 Å². The highest BCUT2D eigenvalue weighted by Crippen LogP contribution is 2.23. The van der Waals surface area contributed by atoms with Crippen LogP contribution in [0.2, 0.25) is 0 Å². The molecule has 0 aliphatic carbocycles. The number of nitrogens with zero attached hydrogens (tertiary/aromatic N) is 2. The lowest BCUT2D eigenvalue weighted by Crippen LogP contribution is -2.38. The van der Waals surface area contributed by atoms with E-state index >= 15 is 0 Å². The van der Waals surface area contributed by atoms with Gasteiger partial charge in [0.1, 0.15) is 11.3 Å². The molecule has 2 heterocycles. The number of hydrogen-bond donors (Lipinski definition) is 2. The minimum absolute atomic E-state index is 0.0143. The van der Waals surface area contributed by atoms with Gasteiger partial charge in [-0.05, 0) is 25.0 Å². The number of benzene rings is 1. The Hall–Kier alpha value is -2.76. The molecule has 2 N–H and O–H groups in total. The third-order valence-electron chi connectivity index (χ3n) is 4.05. The van der Waals surface area contributed by atoms with Crippen LogP contribution in [0.3, 0.4) is 0 Å². The van der Waals surface area contributed by atoms with Crippen molar-refractivity contribution < 1.29 is 8.94 Å². The molecular formula is C19H24N4O2. The monoisotopic (exact) mass is 340 g/mol. The van der Waals surface area contributed by atoms with Crippen LogP contribution in [0.15, 0.2) is 50.3 Å². The molecule has 25 heavy (non-hydrogen) atoms. The zero-order chi connectivity index (χ0) is 17.8. The quantitative estimate of drug-likeness (QED) is 0.543. The van der Waals surface area contributed by atoms with Crippen LogP contribution in [0.5, 0.6) is 0 Å². The van der Waals surface area contributed by atoms with Crippen molar-refractivity contribution in [2.24, 2.45) is 4.99 Å². The van der Waals surface area contributed by atoms with Crippen molar-refractivity contribution in [2.45, 2.75) is 39.3 Å². The number of aromatic nitrogens is 1. The second kappa shape index (κ2) is 7.42. The first kappa shape index (κ1) is 17.1. The minimum Gasteiger partial charge on any atom is -0.459 e. The predicted octanol–water partition coefficient (Wildman–Crippen LogP) is 3.97. The first-order chi connectivity index (χ1) is 12.1. The number of furan rings is 1. The smallest absolute Gasteiger partial charge is 0.191 e. The van der Waals surface area contributed by atoms with Crippen molar-refractivity contribution in [3.8, 4) is 0 Å². The number of nitrogens with one attached hydrogen (secondary N) is 2. The van der Waals surface area contributed by atoms with E-state index in [2.05, 4.69) is 34.6 Å². The van der Waals surface area contributed by atoms with E-state index in [1.807, 2.05) is 43.3 Å². The number of hydrogen-bond acceptors (Lipinski definition) is 4. The maximum Gasteiger partial charge on any atom is 0.191 e. The summed E-state index contributed by atoms with van der Waals surface area (Å²) in [6.45, 7) is 6.73. The van der Waals surface area contributed by atoms with Crippen LogP contribution < -0.4 is 10.6 Å². The van der Waals surface area contributed by atoms with Gasteiger partial charge in [0.2, 0.25) is 0 Å². The lowest BCUT2D eigenvalue weighted by molar-refractivity contribution is 0.371. The first-order valence-electron chi connectivity index (χ1n) is 8.48. The molecule has 1 unspecified atom stereocenters. The van der Waals surface area contributed by atoms with Gasteiger partial charge in [-0.2, -0.15) is 0 Å². The van der Waals surface area contributed by atoms with Gasteiger partial charge in [0.25, 0.3) is 0 Å². The van der Waals surface area contributed by atoms with Gasteiger partial charge in [0.05, 0.1) is 18.3 Å². The van der Waals surface area contributed by atoms with Crippen LogP contribution in [0, 0.1) is 0 Å². The van der Waals surface area contributed by atoms with E-state index in [-0.39, 0.29) is 6.04 Å². The van der Waals surface area contributed by atoms with Crippen LogP contribution in [-0.4, -0.2) is 18.2 Å². The van der Waals surface area contributed by atoms with E-state index in [0.29, 0.717) is 18.4 Å². The Bertz CT molecular complexity index is 830. The van der Waals surface area contributed by atoms with Crippen molar-refractivity contribution in [1.82, 2.24) is 15.8 Å². The van der Waals surface area contributed by atoms with Gasteiger partial charge < -0.3 is 19.6 Å². The normalized spacial score (nSPS) is 13.4. The van der Waals surface area contributed by atoms with Gasteiger partial charge in [0, 0.05) is 18.5 Å². The van der Waals surface area contributed by atoms with Gasteiger partial charge >= 0.3 is 0 Å². The Labute approximate surface area is 147 Å². The number of rotatable bonds is 5. The summed E-state index contributed by atoms with van der Waals surface area (Å²) in [4.78, 5) is 4.26. The van der Waals surface area contributed by atoms with E-state index in [4.69, 9.17) is 8.94 Å². The van der Waals surface area contributed by atoms with Crippen molar-refractivity contribution >= 4 is 16.9 Å². The second-order valence-corrected chi connectivity index (χ2v) is 6.35. The molecule has 3 aromatic rings. The summed E-state index contributed by atoms with van der Waals surface area (Å²) in [6, 6.07) is 12.0. The van der Waals surface area contributed by atoms with Crippen LogP contribution in [-0.2, 0) is 6.54 Å². The molecule has 6 heteroatoms. The van der Waals surface area contributed by atoms with Gasteiger partial charge in [-0.1, -0.05) is 37.2 Å². The highest BCUT2D eigenvalue weighted by molar-refractivity contribution is 5.81. The Balaban J connectivity index is 1.61. The molecule has 0 aliphatic rings. The highest BCUT2D eigenvalue weighted by Gasteiger charge is 2.14. The molecular weight excluding hydrogens is 316 g/mol. The van der Waals surface area contributed by atoms with Crippen LogP contribution in [0.25, 0.3) is 11.0 Å². The molecule has 0 saturated carbocycles. The summed E-state index contributed by atoms with van der Waals surface area (Å²) >= 11 is 0.